The second kappa shape index (κ2) is 5.64. The maximum absolute atomic E-state index is 13.3. The zero-order valence-electron chi connectivity index (χ0n) is 9.13. The molecule has 0 radical (unpaired) electrons. The average molecular weight is 284 g/mol. The molecule has 0 aliphatic heterocycles. The van der Waals surface area contributed by atoms with Crippen molar-refractivity contribution in [2.24, 2.45) is 0 Å². The van der Waals surface area contributed by atoms with E-state index in [2.05, 4.69) is 5.32 Å². The van der Waals surface area contributed by atoms with Crippen LogP contribution in [0.1, 0.15) is 6.42 Å². The van der Waals surface area contributed by atoms with Crippen LogP contribution in [0.4, 0.5) is 14.5 Å². The molecule has 0 bridgehead atoms. The van der Waals surface area contributed by atoms with E-state index in [-0.39, 0.29) is 23.0 Å². The summed E-state index contributed by atoms with van der Waals surface area (Å²) in [7, 11) is -3.03. The van der Waals surface area contributed by atoms with Crippen molar-refractivity contribution in [2.75, 3.05) is 23.9 Å². The maximum atomic E-state index is 13.3. The fourth-order valence-corrected chi connectivity index (χ4v) is 2.19. The van der Waals surface area contributed by atoms with Crippen molar-refractivity contribution in [3.05, 3.63) is 28.8 Å². The van der Waals surface area contributed by atoms with Crippen molar-refractivity contribution in [3.63, 3.8) is 0 Å². The smallest absolute Gasteiger partial charge is 0.150 e. The third-order valence-corrected chi connectivity index (χ3v) is 3.33. The van der Waals surface area contributed by atoms with Gasteiger partial charge in [0, 0.05) is 18.9 Å². The topological polar surface area (TPSA) is 46.2 Å². The molecule has 96 valence electrons. The van der Waals surface area contributed by atoms with Gasteiger partial charge in [0.25, 0.3) is 0 Å². The quantitative estimate of drug-likeness (QED) is 0.845. The van der Waals surface area contributed by atoms with Gasteiger partial charge in [-0.1, -0.05) is 11.6 Å². The summed E-state index contributed by atoms with van der Waals surface area (Å²) >= 11 is 5.64. The van der Waals surface area contributed by atoms with Gasteiger partial charge in [0.1, 0.15) is 15.7 Å². The van der Waals surface area contributed by atoms with E-state index in [1.807, 2.05) is 0 Å². The molecule has 0 unspecified atom stereocenters. The van der Waals surface area contributed by atoms with Gasteiger partial charge in [-0.15, -0.1) is 0 Å². The molecule has 0 amide bonds. The van der Waals surface area contributed by atoms with Gasteiger partial charge >= 0.3 is 0 Å². The molecule has 3 nitrogen and oxygen atoms in total. The fourth-order valence-electron chi connectivity index (χ4n) is 1.26. The largest absolute Gasteiger partial charge is 0.381 e. The van der Waals surface area contributed by atoms with Crippen LogP contribution in [-0.4, -0.2) is 27.0 Å². The Balaban J connectivity index is 2.58. The highest BCUT2D eigenvalue weighted by Gasteiger charge is 2.09. The van der Waals surface area contributed by atoms with Crippen LogP contribution in [0.25, 0.3) is 0 Å². The SMILES string of the molecule is CS(=O)(=O)CCCNc1c(F)cc(F)cc1Cl. The molecule has 0 fully saturated rings. The predicted molar refractivity (Wildman–Crippen MR) is 64.2 cm³/mol. The van der Waals surface area contributed by atoms with Crippen LogP contribution in [0, 0.1) is 11.6 Å². The first kappa shape index (κ1) is 14.2. The molecule has 0 heterocycles. The number of nitrogens with one attached hydrogen (secondary N) is 1. The van der Waals surface area contributed by atoms with Gasteiger partial charge in [-0.05, 0) is 12.5 Å². The van der Waals surface area contributed by atoms with E-state index in [1.165, 1.54) is 0 Å². The van der Waals surface area contributed by atoms with E-state index in [0.717, 1.165) is 12.3 Å². The molecule has 17 heavy (non-hydrogen) atoms. The maximum Gasteiger partial charge on any atom is 0.150 e. The number of benzene rings is 1. The van der Waals surface area contributed by atoms with Crippen LogP contribution in [0.3, 0.4) is 0 Å². The summed E-state index contributed by atoms with van der Waals surface area (Å²) in [6, 6.07) is 1.70. The minimum absolute atomic E-state index is 0.000429. The molecule has 1 aromatic rings. The van der Waals surface area contributed by atoms with Crippen LogP contribution in [-0.2, 0) is 9.84 Å². The first-order chi connectivity index (χ1) is 7.79. The van der Waals surface area contributed by atoms with E-state index < -0.39 is 21.5 Å². The Morgan fingerprint density at radius 1 is 1.35 bits per heavy atom. The Bertz CT molecular complexity index is 482. The lowest BCUT2D eigenvalue weighted by Gasteiger charge is -2.09. The first-order valence-electron chi connectivity index (χ1n) is 4.86. The summed E-state index contributed by atoms with van der Waals surface area (Å²) < 4.78 is 47.7. The number of hydrogen-bond acceptors (Lipinski definition) is 3. The van der Waals surface area contributed by atoms with Gasteiger partial charge in [-0.2, -0.15) is 0 Å². The lowest BCUT2D eigenvalue weighted by Crippen LogP contribution is -2.10. The van der Waals surface area contributed by atoms with Crippen molar-refractivity contribution < 1.29 is 17.2 Å². The second-order valence-corrected chi connectivity index (χ2v) is 6.32. The van der Waals surface area contributed by atoms with Crippen LogP contribution in [0.15, 0.2) is 12.1 Å². The lowest BCUT2D eigenvalue weighted by atomic mass is 10.3. The molecular formula is C10H12ClF2NO2S. The monoisotopic (exact) mass is 283 g/mol. The van der Waals surface area contributed by atoms with E-state index in [4.69, 9.17) is 11.6 Å². The van der Waals surface area contributed by atoms with Gasteiger partial charge in [0.05, 0.1) is 16.5 Å². The highest BCUT2D eigenvalue weighted by atomic mass is 35.5. The molecule has 7 heteroatoms. The highest BCUT2D eigenvalue weighted by Crippen LogP contribution is 2.26. The third-order valence-electron chi connectivity index (χ3n) is 2.00. The summed E-state index contributed by atoms with van der Waals surface area (Å²) in [4.78, 5) is 0. The molecule has 1 N–H and O–H groups in total. The normalized spacial score (nSPS) is 11.5. The number of rotatable bonds is 5. The zero-order valence-corrected chi connectivity index (χ0v) is 10.7. The molecule has 0 atom stereocenters. The zero-order chi connectivity index (χ0) is 13.1. The molecular weight excluding hydrogens is 272 g/mol. The highest BCUT2D eigenvalue weighted by molar-refractivity contribution is 7.90. The van der Waals surface area contributed by atoms with Crippen LogP contribution < -0.4 is 5.32 Å². The molecule has 0 spiro atoms. The summed E-state index contributed by atoms with van der Waals surface area (Å²) in [5.41, 5.74) is -0.0124. The van der Waals surface area contributed by atoms with E-state index in [0.29, 0.717) is 12.5 Å². The molecule has 1 rings (SSSR count). The summed E-state index contributed by atoms with van der Waals surface area (Å²) in [5, 5.41) is 2.58. The Hall–Kier alpha value is -0.880. The average Bonchev–Trinajstić information content (AvgIpc) is 2.13. The second-order valence-electron chi connectivity index (χ2n) is 3.65. The Kier molecular flexibility index (Phi) is 4.70. The van der Waals surface area contributed by atoms with E-state index in [9.17, 15) is 17.2 Å². The Labute approximate surface area is 104 Å². The number of anilines is 1. The minimum Gasteiger partial charge on any atom is -0.381 e. The van der Waals surface area contributed by atoms with Gasteiger partial charge in [-0.25, -0.2) is 17.2 Å². The molecule has 0 aliphatic rings. The van der Waals surface area contributed by atoms with Crippen molar-refractivity contribution in [3.8, 4) is 0 Å². The Morgan fingerprint density at radius 2 is 2.00 bits per heavy atom. The molecule has 1 aromatic carbocycles. The number of sulfone groups is 1. The van der Waals surface area contributed by atoms with Crippen LogP contribution >= 0.6 is 11.6 Å². The van der Waals surface area contributed by atoms with E-state index >= 15 is 0 Å². The summed E-state index contributed by atoms with van der Waals surface area (Å²) in [5.74, 6) is -1.55. The van der Waals surface area contributed by atoms with Gasteiger partial charge < -0.3 is 5.32 Å². The van der Waals surface area contributed by atoms with Gasteiger partial charge in [-0.3, -0.25) is 0 Å². The molecule has 0 saturated heterocycles. The predicted octanol–water partition coefficient (Wildman–Crippen LogP) is 2.46. The molecule has 0 aliphatic carbocycles. The number of halogens is 3. The lowest BCUT2D eigenvalue weighted by molar-refractivity contribution is 0.585. The van der Waals surface area contributed by atoms with Gasteiger partial charge in [0.15, 0.2) is 5.82 Å². The molecule has 0 aromatic heterocycles. The summed E-state index contributed by atoms with van der Waals surface area (Å²) in [6.45, 7) is 0.245. The third kappa shape index (κ3) is 4.87. The Morgan fingerprint density at radius 3 is 2.53 bits per heavy atom. The first-order valence-corrected chi connectivity index (χ1v) is 7.29. The van der Waals surface area contributed by atoms with Crippen LogP contribution in [0.2, 0.25) is 5.02 Å². The van der Waals surface area contributed by atoms with Crippen LogP contribution in [0.5, 0.6) is 0 Å². The minimum atomic E-state index is -3.03. The van der Waals surface area contributed by atoms with Crippen molar-refractivity contribution in [1.82, 2.24) is 0 Å². The fraction of sp³-hybridized carbons (Fsp3) is 0.400. The van der Waals surface area contributed by atoms with Gasteiger partial charge in [0.2, 0.25) is 0 Å². The summed E-state index contributed by atoms with van der Waals surface area (Å²) in [6.07, 6.45) is 1.45. The van der Waals surface area contributed by atoms with Crippen molar-refractivity contribution >= 4 is 27.1 Å². The van der Waals surface area contributed by atoms with Crippen molar-refractivity contribution in [1.29, 1.82) is 0 Å². The molecule has 0 saturated carbocycles. The number of hydrogen-bond donors (Lipinski definition) is 1. The van der Waals surface area contributed by atoms with E-state index in [1.54, 1.807) is 0 Å². The standard InChI is InChI=1S/C10H12ClF2NO2S/c1-17(15,16)4-2-3-14-10-8(11)5-7(12)6-9(10)13/h5-6,14H,2-4H2,1H3. The van der Waals surface area contributed by atoms with Crippen molar-refractivity contribution in [2.45, 2.75) is 6.42 Å².